The normalized spacial score (nSPS) is 10.3. The molecule has 0 aromatic carbocycles. The molecular weight excluding hydrogens is 212 g/mol. The average Bonchev–Trinajstić information content (AvgIpc) is 2.72. The lowest BCUT2D eigenvalue weighted by Crippen LogP contribution is -2.01. The summed E-state index contributed by atoms with van der Waals surface area (Å²) in [6.07, 6.45) is 5.15. The van der Waals surface area contributed by atoms with E-state index >= 15 is 0 Å². The molecule has 0 unspecified atom stereocenters. The molecule has 0 fully saturated rings. The number of nitrogens with zero attached hydrogens (tertiary/aromatic N) is 2. The van der Waals surface area contributed by atoms with Gasteiger partial charge in [0.05, 0.1) is 24.3 Å². The number of hydrogen-bond acceptors (Lipinski definition) is 3. The van der Waals surface area contributed by atoms with Gasteiger partial charge in [0.25, 0.3) is 0 Å². The third kappa shape index (κ3) is 2.47. The zero-order chi connectivity index (χ0) is 10.7. The zero-order valence-corrected chi connectivity index (χ0v) is 9.04. The van der Waals surface area contributed by atoms with Gasteiger partial charge in [-0.25, -0.2) is 9.97 Å². The molecule has 0 aliphatic carbocycles. The summed E-state index contributed by atoms with van der Waals surface area (Å²) < 4.78 is 0. The van der Waals surface area contributed by atoms with Crippen LogP contribution >= 0.6 is 11.6 Å². The van der Waals surface area contributed by atoms with Crippen LogP contribution in [-0.4, -0.2) is 15.0 Å². The Balaban J connectivity index is 2.07. The van der Waals surface area contributed by atoms with Crippen molar-refractivity contribution in [3.8, 4) is 0 Å². The van der Waals surface area contributed by atoms with Crippen molar-refractivity contribution in [3.05, 3.63) is 41.2 Å². The number of aryl methyl sites for hydroxylation is 1. The molecule has 0 saturated heterocycles. The smallest absolute Gasteiger partial charge is 0.152 e. The number of rotatable bonds is 3. The van der Waals surface area contributed by atoms with Crippen molar-refractivity contribution in [2.75, 3.05) is 5.32 Å². The van der Waals surface area contributed by atoms with Crippen molar-refractivity contribution in [1.82, 2.24) is 15.0 Å². The molecule has 0 aliphatic heterocycles. The van der Waals surface area contributed by atoms with Gasteiger partial charge in [-0.05, 0) is 18.6 Å². The second-order valence-corrected chi connectivity index (χ2v) is 3.64. The fraction of sp³-hybridized carbons (Fsp3) is 0.200. The molecule has 0 saturated carbocycles. The Hall–Kier alpha value is -1.55. The highest BCUT2D eigenvalue weighted by molar-refractivity contribution is 6.31. The molecular formula is C10H11ClN4. The summed E-state index contributed by atoms with van der Waals surface area (Å²) >= 11 is 5.94. The van der Waals surface area contributed by atoms with E-state index in [2.05, 4.69) is 20.3 Å². The van der Waals surface area contributed by atoms with Gasteiger partial charge in [0, 0.05) is 12.4 Å². The highest BCUT2D eigenvalue weighted by Crippen LogP contribution is 2.20. The highest BCUT2D eigenvalue weighted by Gasteiger charge is 2.01. The lowest BCUT2D eigenvalue weighted by atomic mass is 10.3. The lowest BCUT2D eigenvalue weighted by Gasteiger charge is -2.06. The summed E-state index contributed by atoms with van der Waals surface area (Å²) in [5.74, 6) is 0. The van der Waals surface area contributed by atoms with Crippen molar-refractivity contribution >= 4 is 17.3 Å². The van der Waals surface area contributed by atoms with Crippen LogP contribution in [0.1, 0.15) is 11.3 Å². The van der Waals surface area contributed by atoms with Crippen molar-refractivity contribution < 1.29 is 0 Å². The van der Waals surface area contributed by atoms with E-state index in [-0.39, 0.29) is 0 Å². The van der Waals surface area contributed by atoms with Gasteiger partial charge in [0.15, 0.2) is 5.15 Å². The molecule has 2 N–H and O–H groups in total. The Bertz CT molecular complexity index is 439. The summed E-state index contributed by atoms with van der Waals surface area (Å²) in [4.78, 5) is 11.0. The fourth-order valence-corrected chi connectivity index (χ4v) is 1.42. The molecule has 15 heavy (non-hydrogen) atoms. The van der Waals surface area contributed by atoms with Crippen LogP contribution in [0.25, 0.3) is 0 Å². The SMILES string of the molecule is Cc1cnc(Cl)c(NCc2cnc[nH]2)c1. The molecule has 0 atom stereocenters. The van der Waals surface area contributed by atoms with Gasteiger partial charge >= 0.3 is 0 Å². The number of imidazole rings is 1. The van der Waals surface area contributed by atoms with Crippen molar-refractivity contribution in [1.29, 1.82) is 0 Å². The maximum atomic E-state index is 5.94. The highest BCUT2D eigenvalue weighted by atomic mass is 35.5. The van der Waals surface area contributed by atoms with Crippen LogP contribution in [0.3, 0.4) is 0 Å². The second-order valence-electron chi connectivity index (χ2n) is 3.28. The number of nitrogens with one attached hydrogen (secondary N) is 2. The van der Waals surface area contributed by atoms with Gasteiger partial charge < -0.3 is 10.3 Å². The molecule has 2 aromatic rings. The predicted octanol–water partition coefficient (Wildman–Crippen LogP) is 2.38. The first-order valence-corrected chi connectivity index (χ1v) is 4.97. The Kier molecular flexibility index (Phi) is 2.87. The first kappa shape index (κ1) is 9.98. The number of aromatic amines is 1. The van der Waals surface area contributed by atoms with Crippen LogP contribution in [-0.2, 0) is 6.54 Å². The van der Waals surface area contributed by atoms with Gasteiger partial charge in [-0.1, -0.05) is 11.6 Å². The quantitative estimate of drug-likeness (QED) is 0.784. The van der Waals surface area contributed by atoms with Gasteiger partial charge in [0.2, 0.25) is 0 Å². The molecule has 2 rings (SSSR count). The number of anilines is 1. The van der Waals surface area contributed by atoms with Gasteiger partial charge in [-0.2, -0.15) is 0 Å². The van der Waals surface area contributed by atoms with Gasteiger partial charge in [-0.15, -0.1) is 0 Å². The molecule has 0 amide bonds. The van der Waals surface area contributed by atoms with E-state index in [4.69, 9.17) is 11.6 Å². The molecule has 0 radical (unpaired) electrons. The number of halogens is 1. The summed E-state index contributed by atoms with van der Waals surface area (Å²) in [6, 6.07) is 1.96. The second kappa shape index (κ2) is 4.31. The monoisotopic (exact) mass is 222 g/mol. The molecule has 5 heteroatoms. The third-order valence-electron chi connectivity index (χ3n) is 2.00. The predicted molar refractivity (Wildman–Crippen MR) is 59.9 cm³/mol. The summed E-state index contributed by atoms with van der Waals surface area (Å²) in [7, 11) is 0. The minimum atomic E-state index is 0.486. The maximum absolute atomic E-state index is 5.94. The van der Waals surface area contributed by atoms with Crippen molar-refractivity contribution in [2.45, 2.75) is 13.5 Å². The maximum Gasteiger partial charge on any atom is 0.152 e. The fourth-order valence-electron chi connectivity index (χ4n) is 1.25. The van der Waals surface area contributed by atoms with E-state index < -0.39 is 0 Å². The topological polar surface area (TPSA) is 53.6 Å². The van der Waals surface area contributed by atoms with E-state index in [1.54, 1.807) is 18.7 Å². The third-order valence-corrected chi connectivity index (χ3v) is 2.30. The summed E-state index contributed by atoms with van der Waals surface area (Å²) in [5, 5.41) is 3.68. The molecule has 0 aliphatic rings. The number of H-pyrrole nitrogens is 1. The van der Waals surface area contributed by atoms with Crippen LogP contribution in [0, 0.1) is 6.92 Å². The Morgan fingerprint density at radius 2 is 2.33 bits per heavy atom. The van der Waals surface area contributed by atoms with Gasteiger partial charge in [0.1, 0.15) is 0 Å². The molecule has 0 spiro atoms. The largest absolute Gasteiger partial charge is 0.377 e. The van der Waals surface area contributed by atoms with Gasteiger partial charge in [-0.3, -0.25) is 0 Å². The molecule has 0 bridgehead atoms. The van der Waals surface area contributed by atoms with Crippen molar-refractivity contribution in [3.63, 3.8) is 0 Å². The average molecular weight is 223 g/mol. The molecule has 4 nitrogen and oxygen atoms in total. The van der Waals surface area contributed by atoms with E-state index in [1.807, 2.05) is 13.0 Å². The number of hydrogen-bond donors (Lipinski definition) is 2. The van der Waals surface area contributed by atoms with Crippen LogP contribution in [0.15, 0.2) is 24.8 Å². The Morgan fingerprint density at radius 3 is 3.07 bits per heavy atom. The summed E-state index contributed by atoms with van der Waals surface area (Å²) in [5.41, 5.74) is 2.92. The van der Waals surface area contributed by atoms with Crippen molar-refractivity contribution in [2.24, 2.45) is 0 Å². The molecule has 2 aromatic heterocycles. The Morgan fingerprint density at radius 1 is 1.47 bits per heavy atom. The first-order chi connectivity index (χ1) is 7.25. The minimum absolute atomic E-state index is 0.486. The number of aromatic nitrogens is 3. The summed E-state index contributed by atoms with van der Waals surface area (Å²) in [6.45, 7) is 2.63. The first-order valence-electron chi connectivity index (χ1n) is 4.59. The number of pyridine rings is 1. The van der Waals surface area contributed by atoms with E-state index in [1.165, 1.54) is 0 Å². The van der Waals surface area contributed by atoms with E-state index in [0.29, 0.717) is 11.7 Å². The standard InChI is InChI=1S/C10H11ClN4/c1-7-2-9(10(11)14-3-7)13-5-8-4-12-6-15-8/h2-4,6,13H,5H2,1H3,(H,12,15). The van der Waals surface area contributed by atoms with E-state index in [9.17, 15) is 0 Å². The lowest BCUT2D eigenvalue weighted by molar-refractivity contribution is 1.07. The molecule has 78 valence electrons. The Labute approximate surface area is 92.7 Å². The van der Waals surface area contributed by atoms with Crippen LogP contribution in [0.4, 0.5) is 5.69 Å². The molecule has 2 heterocycles. The van der Waals surface area contributed by atoms with Crippen LogP contribution in [0.2, 0.25) is 5.15 Å². The van der Waals surface area contributed by atoms with E-state index in [0.717, 1.165) is 16.9 Å². The minimum Gasteiger partial charge on any atom is -0.377 e. The zero-order valence-electron chi connectivity index (χ0n) is 8.29. The van der Waals surface area contributed by atoms with Crippen LogP contribution in [0.5, 0.6) is 0 Å². The van der Waals surface area contributed by atoms with Crippen LogP contribution < -0.4 is 5.32 Å².